The van der Waals surface area contributed by atoms with Crippen molar-refractivity contribution in [2.24, 2.45) is 5.41 Å². The molecule has 138 valence electrons. The van der Waals surface area contributed by atoms with Crippen LogP contribution in [-0.4, -0.2) is 57.9 Å². The van der Waals surface area contributed by atoms with Gasteiger partial charge in [-0.3, -0.25) is 9.69 Å². The van der Waals surface area contributed by atoms with E-state index in [1.807, 2.05) is 31.7 Å². The average Bonchev–Trinajstić information content (AvgIpc) is 3.12. The number of hydrogen-bond donors (Lipinski definition) is 0. The van der Waals surface area contributed by atoms with E-state index in [0.29, 0.717) is 12.4 Å². The third kappa shape index (κ3) is 3.77. The number of fused-ring (bicyclic) bond motifs is 1. The molecule has 0 spiro atoms. The highest BCUT2D eigenvalue weighted by Crippen LogP contribution is 2.29. The quantitative estimate of drug-likeness (QED) is 0.822. The summed E-state index contributed by atoms with van der Waals surface area (Å²) >= 11 is 0. The van der Waals surface area contributed by atoms with Crippen molar-refractivity contribution in [1.82, 2.24) is 19.8 Å². The molecule has 26 heavy (non-hydrogen) atoms. The van der Waals surface area contributed by atoms with E-state index in [9.17, 15) is 9.59 Å². The summed E-state index contributed by atoms with van der Waals surface area (Å²) < 4.78 is 0. The standard InChI is InChI=1S/C18H24N6O2/c1-18(2,3)12-24-16-13(9-20-14(8-19)21-16)10-23(17(24)26)11-15(25)22-6-4-5-7-22/h9H,4-7,10-12H2,1-3H3. The summed E-state index contributed by atoms with van der Waals surface area (Å²) in [7, 11) is 0. The smallest absolute Gasteiger partial charge is 0.326 e. The second kappa shape index (κ2) is 6.90. The van der Waals surface area contributed by atoms with Crippen molar-refractivity contribution in [3.63, 3.8) is 0 Å². The SMILES string of the molecule is CC(C)(C)CN1C(=O)N(CC(=O)N2CCCC2)Cc2cnc(C#N)nc21. The fourth-order valence-electron chi connectivity index (χ4n) is 3.30. The lowest BCUT2D eigenvalue weighted by Gasteiger charge is -2.38. The zero-order valence-electron chi connectivity index (χ0n) is 15.5. The molecule has 1 aromatic rings. The van der Waals surface area contributed by atoms with Gasteiger partial charge in [0.25, 0.3) is 0 Å². The predicted molar refractivity (Wildman–Crippen MR) is 95.2 cm³/mol. The van der Waals surface area contributed by atoms with Gasteiger partial charge in [-0.1, -0.05) is 20.8 Å². The molecule has 8 heteroatoms. The Morgan fingerprint density at radius 1 is 1.31 bits per heavy atom. The summed E-state index contributed by atoms with van der Waals surface area (Å²) in [4.78, 5) is 38.8. The molecule has 3 rings (SSSR count). The number of hydrogen-bond acceptors (Lipinski definition) is 5. The van der Waals surface area contributed by atoms with Crippen LogP contribution in [0.2, 0.25) is 0 Å². The van der Waals surface area contributed by atoms with Gasteiger partial charge in [-0.2, -0.15) is 5.26 Å². The monoisotopic (exact) mass is 356 g/mol. The molecule has 0 radical (unpaired) electrons. The number of carbonyl (C=O) groups is 2. The zero-order chi connectivity index (χ0) is 18.9. The van der Waals surface area contributed by atoms with Gasteiger partial charge in [-0.15, -0.1) is 0 Å². The van der Waals surface area contributed by atoms with Crippen molar-refractivity contribution in [2.45, 2.75) is 40.2 Å². The summed E-state index contributed by atoms with van der Waals surface area (Å²) in [6, 6.07) is 1.67. The number of carbonyl (C=O) groups excluding carboxylic acids is 2. The predicted octanol–water partition coefficient (Wildman–Crippen LogP) is 1.76. The first-order chi connectivity index (χ1) is 12.3. The molecule has 0 saturated carbocycles. The van der Waals surface area contributed by atoms with Gasteiger partial charge in [0.1, 0.15) is 18.4 Å². The normalized spacial score (nSPS) is 17.3. The maximum Gasteiger partial charge on any atom is 0.326 e. The molecule has 8 nitrogen and oxygen atoms in total. The number of anilines is 1. The third-order valence-electron chi connectivity index (χ3n) is 4.48. The van der Waals surface area contributed by atoms with E-state index < -0.39 is 0 Å². The van der Waals surface area contributed by atoms with Crippen LogP contribution in [0, 0.1) is 16.7 Å². The highest BCUT2D eigenvalue weighted by molar-refractivity contribution is 5.96. The summed E-state index contributed by atoms with van der Waals surface area (Å²) in [6.07, 6.45) is 3.61. The molecule has 0 aromatic carbocycles. The van der Waals surface area contributed by atoms with E-state index in [-0.39, 0.29) is 36.3 Å². The molecule has 0 unspecified atom stereocenters. The minimum atomic E-state index is -0.248. The molecular weight excluding hydrogens is 332 g/mol. The Morgan fingerprint density at radius 3 is 2.62 bits per heavy atom. The second-order valence-corrected chi connectivity index (χ2v) is 8.03. The first-order valence-corrected chi connectivity index (χ1v) is 8.89. The molecule has 0 N–H and O–H groups in total. The fraction of sp³-hybridized carbons (Fsp3) is 0.611. The molecule has 1 fully saturated rings. The van der Waals surface area contributed by atoms with Crippen LogP contribution in [0.3, 0.4) is 0 Å². The highest BCUT2D eigenvalue weighted by Gasteiger charge is 2.36. The van der Waals surface area contributed by atoms with Crippen molar-refractivity contribution >= 4 is 17.8 Å². The summed E-state index contributed by atoms with van der Waals surface area (Å²) in [5.74, 6) is 0.489. The van der Waals surface area contributed by atoms with Gasteiger partial charge < -0.3 is 9.80 Å². The van der Waals surface area contributed by atoms with E-state index in [2.05, 4.69) is 9.97 Å². The first-order valence-electron chi connectivity index (χ1n) is 8.89. The molecule has 3 heterocycles. The Morgan fingerprint density at radius 2 is 2.00 bits per heavy atom. The molecule has 0 bridgehead atoms. The van der Waals surface area contributed by atoms with Crippen molar-refractivity contribution < 1.29 is 9.59 Å². The van der Waals surface area contributed by atoms with Crippen molar-refractivity contribution in [2.75, 3.05) is 31.1 Å². The lowest BCUT2D eigenvalue weighted by atomic mass is 9.95. The molecular formula is C18H24N6O2. The van der Waals surface area contributed by atoms with E-state index in [1.165, 1.54) is 0 Å². The minimum absolute atomic E-state index is 0.0235. The lowest BCUT2D eigenvalue weighted by molar-refractivity contribution is -0.130. The Bertz CT molecular complexity index is 758. The molecule has 3 amide bonds. The summed E-state index contributed by atoms with van der Waals surface area (Å²) in [6.45, 7) is 8.38. The first kappa shape index (κ1) is 18.1. The van der Waals surface area contributed by atoms with Gasteiger partial charge in [-0.05, 0) is 18.3 Å². The van der Waals surface area contributed by atoms with Crippen LogP contribution in [0.1, 0.15) is 45.0 Å². The number of rotatable bonds is 3. The summed E-state index contributed by atoms with van der Waals surface area (Å²) in [5, 5.41) is 9.08. The topological polar surface area (TPSA) is 93.4 Å². The largest absolute Gasteiger partial charge is 0.341 e. The van der Waals surface area contributed by atoms with Crippen molar-refractivity contribution in [3.8, 4) is 6.07 Å². The van der Waals surface area contributed by atoms with Crippen LogP contribution in [0.15, 0.2) is 6.20 Å². The molecule has 0 aliphatic carbocycles. The van der Waals surface area contributed by atoms with Crippen LogP contribution >= 0.6 is 0 Å². The van der Waals surface area contributed by atoms with Crippen LogP contribution < -0.4 is 4.90 Å². The molecule has 2 aliphatic heterocycles. The van der Waals surface area contributed by atoms with Crippen LogP contribution in [-0.2, 0) is 11.3 Å². The number of likely N-dealkylation sites (tertiary alicyclic amines) is 1. The van der Waals surface area contributed by atoms with E-state index >= 15 is 0 Å². The van der Waals surface area contributed by atoms with Gasteiger partial charge in [0.05, 0.1) is 6.54 Å². The Balaban J connectivity index is 1.88. The number of nitriles is 1. The Labute approximate surface area is 153 Å². The number of nitrogens with zero attached hydrogens (tertiary/aromatic N) is 6. The van der Waals surface area contributed by atoms with Crippen molar-refractivity contribution in [1.29, 1.82) is 5.26 Å². The zero-order valence-corrected chi connectivity index (χ0v) is 15.5. The fourth-order valence-corrected chi connectivity index (χ4v) is 3.30. The number of urea groups is 1. The summed E-state index contributed by atoms with van der Waals surface area (Å²) in [5.41, 5.74) is 0.592. The number of amides is 3. The lowest BCUT2D eigenvalue weighted by Crippen LogP contribution is -2.53. The number of aromatic nitrogens is 2. The highest BCUT2D eigenvalue weighted by atomic mass is 16.2. The second-order valence-electron chi connectivity index (χ2n) is 8.03. The van der Waals surface area contributed by atoms with E-state index in [4.69, 9.17) is 5.26 Å². The van der Waals surface area contributed by atoms with Crippen LogP contribution in [0.5, 0.6) is 0 Å². The van der Waals surface area contributed by atoms with Crippen molar-refractivity contribution in [3.05, 3.63) is 17.6 Å². The van der Waals surface area contributed by atoms with Crippen LogP contribution in [0.25, 0.3) is 0 Å². The average molecular weight is 356 g/mol. The van der Waals surface area contributed by atoms with E-state index in [0.717, 1.165) is 31.5 Å². The van der Waals surface area contributed by atoms with Gasteiger partial charge in [0.2, 0.25) is 11.7 Å². The van der Waals surface area contributed by atoms with E-state index in [1.54, 1.807) is 16.0 Å². The van der Waals surface area contributed by atoms with Gasteiger partial charge in [0.15, 0.2) is 0 Å². The van der Waals surface area contributed by atoms with Gasteiger partial charge >= 0.3 is 6.03 Å². The molecule has 1 aromatic heterocycles. The molecule has 0 atom stereocenters. The van der Waals surface area contributed by atoms with Crippen LogP contribution in [0.4, 0.5) is 10.6 Å². The van der Waals surface area contributed by atoms with Gasteiger partial charge in [-0.25, -0.2) is 14.8 Å². The minimum Gasteiger partial charge on any atom is -0.341 e. The maximum absolute atomic E-state index is 13.1. The molecule has 2 aliphatic rings. The molecule has 1 saturated heterocycles. The maximum atomic E-state index is 13.1. The van der Waals surface area contributed by atoms with Gasteiger partial charge in [0, 0.05) is 31.4 Å². The Hall–Kier alpha value is -2.69. The Kier molecular flexibility index (Phi) is 4.81. The third-order valence-corrected chi connectivity index (χ3v) is 4.48.